The Morgan fingerprint density at radius 1 is 0.266 bits per heavy atom. The van der Waals surface area contributed by atoms with Gasteiger partial charge in [0.1, 0.15) is 0 Å². The molecule has 0 saturated heterocycles. The molecule has 13 aromatic carbocycles. The number of nitrogens with zero attached hydrogens (tertiary/aromatic N) is 4. The van der Waals surface area contributed by atoms with Crippen LogP contribution in [-0.2, 0) is 0 Å². The molecule has 14 aromatic rings. The largest absolute Gasteiger partial charge is 0.311 e. The summed E-state index contributed by atoms with van der Waals surface area (Å²) in [4.78, 5) is 16.2. The summed E-state index contributed by atoms with van der Waals surface area (Å²) in [6.07, 6.45) is 0. The Hall–Kier alpha value is -10.4. The van der Waals surface area contributed by atoms with E-state index in [9.17, 15) is 0 Å². The van der Waals surface area contributed by atoms with Crippen molar-refractivity contribution in [3.63, 3.8) is 0 Å². The highest BCUT2D eigenvalue weighted by Crippen LogP contribution is 2.50. The SMILES string of the molecule is c1ccc(-c2ccc(N3c4cc(-c5nc(-c6ccccc6)cc(-c6ccccc6)n5)cc5c4B(c4ccc6cc7ccccc7cc6c43)c3ccc4cc6ccccc6cc4c3N5c3ccc(-c4ccccc4)cc3)cc2)cc1. The first-order valence-corrected chi connectivity index (χ1v) is 27.2. The van der Waals surface area contributed by atoms with Crippen LogP contribution in [0.4, 0.5) is 34.1 Å². The molecule has 0 radical (unpaired) electrons. The molecule has 0 amide bonds. The Morgan fingerprint density at radius 3 is 1.03 bits per heavy atom. The van der Waals surface area contributed by atoms with Crippen molar-refractivity contribution >= 4 is 100 Å². The normalized spacial score (nSPS) is 12.5. The van der Waals surface area contributed by atoms with Crippen molar-refractivity contribution in [2.75, 3.05) is 9.80 Å². The smallest absolute Gasteiger partial charge is 0.252 e. The highest BCUT2D eigenvalue weighted by molar-refractivity contribution is 7.00. The van der Waals surface area contributed by atoms with E-state index in [2.05, 4.69) is 295 Å². The molecule has 0 bridgehead atoms. The first kappa shape index (κ1) is 44.9. The van der Waals surface area contributed by atoms with E-state index in [1.807, 2.05) is 0 Å². The summed E-state index contributed by atoms with van der Waals surface area (Å²) in [5.74, 6) is 0.652. The molecule has 0 atom stereocenters. The van der Waals surface area contributed by atoms with Gasteiger partial charge in [0, 0.05) is 61.6 Å². The number of aromatic nitrogens is 2. The van der Waals surface area contributed by atoms with Crippen LogP contribution in [0.2, 0.25) is 0 Å². The van der Waals surface area contributed by atoms with Crippen molar-refractivity contribution in [1.82, 2.24) is 9.97 Å². The second-order valence-corrected chi connectivity index (χ2v) is 20.9. The number of hydrogen-bond donors (Lipinski definition) is 0. The van der Waals surface area contributed by atoms with Crippen molar-refractivity contribution in [1.29, 1.82) is 0 Å². The molecule has 3 heterocycles. The van der Waals surface area contributed by atoms with Gasteiger partial charge in [-0.2, -0.15) is 0 Å². The molecule has 0 spiro atoms. The zero-order valence-electron chi connectivity index (χ0n) is 43.0. The molecule has 1 aromatic heterocycles. The molecule has 0 unspecified atom stereocenters. The number of benzene rings is 13. The fourth-order valence-electron chi connectivity index (χ4n) is 12.6. The van der Waals surface area contributed by atoms with Crippen LogP contribution in [0.5, 0.6) is 0 Å². The molecule has 2 aliphatic heterocycles. The van der Waals surface area contributed by atoms with E-state index in [0.29, 0.717) is 5.82 Å². The first-order chi connectivity index (χ1) is 39.1. The van der Waals surface area contributed by atoms with E-state index in [1.165, 1.54) is 82.0 Å². The Kier molecular flexibility index (Phi) is 10.3. The van der Waals surface area contributed by atoms with Crippen LogP contribution >= 0.6 is 0 Å². The van der Waals surface area contributed by atoms with E-state index in [1.54, 1.807) is 0 Å². The average molecular weight is 1000 g/mol. The summed E-state index contributed by atoms with van der Waals surface area (Å²) in [5, 5.41) is 9.61. The van der Waals surface area contributed by atoms with E-state index >= 15 is 0 Å². The second kappa shape index (κ2) is 18.2. The van der Waals surface area contributed by atoms with Gasteiger partial charge < -0.3 is 9.80 Å². The molecule has 0 fully saturated rings. The molecular weight excluding hydrogens is 956 g/mol. The van der Waals surface area contributed by atoms with Crippen molar-refractivity contribution in [2.45, 2.75) is 0 Å². The molecule has 366 valence electrons. The molecule has 16 rings (SSSR count). The zero-order chi connectivity index (χ0) is 52.0. The van der Waals surface area contributed by atoms with Crippen molar-refractivity contribution in [3.8, 4) is 56.2 Å². The number of rotatable bonds is 7. The molecule has 0 N–H and O–H groups in total. The van der Waals surface area contributed by atoms with Crippen LogP contribution in [0.3, 0.4) is 0 Å². The summed E-state index contributed by atoms with van der Waals surface area (Å²) in [6, 6.07) is 104. The highest BCUT2D eigenvalue weighted by Gasteiger charge is 2.45. The van der Waals surface area contributed by atoms with E-state index in [-0.39, 0.29) is 6.71 Å². The Morgan fingerprint density at radius 2 is 0.620 bits per heavy atom. The number of fused-ring (bicyclic) bond motifs is 10. The minimum atomic E-state index is -0.146. The van der Waals surface area contributed by atoms with E-state index < -0.39 is 0 Å². The lowest BCUT2D eigenvalue weighted by molar-refractivity contribution is 1.18. The number of hydrogen-bond acceptors (Lipinski definition) is 4. The fraction of sp³-hybridized carbons (Fsp3) is 0. The van der Waals surface area contributed by atoms with E-state index in [4.69, 9.17) is 9.97 Å². The third kappa shape index (κ3) is 7.46. The third-order valence-electron chi connectivity index (χ3n) is 16.3. The standard InChI is InChI=1S/C74H47BN4/c1-5-17-48(18-6-1)50-29-35-61(36-30-50)78-69-45-60(74-76-67(52-21-9-3-10-22-52)47-68(77-74)53-23-11-4-12-24-53)46-70-71(69)75(65-39-33-58-41-54-25-13-15-27-56(54)43-63(58)72(65)78)66-40-34-59-42-55-26-14-16-28-57(55)44-64(59)73(66)79(70)62-37-31-51(32-38-62)49-19-7-2-8-20-49/h1-47H. The molecular formula is C74H47BN4. The van der Waals surface area contributed by atoms with Gasteiger partial charge >= 0.3 is 0 Å². The average Bonchev–Trinajstić information content (AvgIpc) is 3.71. The summed E-state index contributed by atoms with van der Waals surface area (Å²) in [6.45, 7) is -0.146. The lowest BCUT2D eigenvalue weighted by Gasteiger charge is -2.45. The lowest BCUT2D eigenvalue weighted by atomic mass is 9.33. The van der Waals surface area contributed by atoms with Gasteiger partial charge in [-0.15, -0.1) is 0 Å². The highest BCUT2D eigenvalue weighted by atomic mass is 15.2. The first-order valence-electron chi connectivity index (χ1n) is 27.2. The van der Waals surface area contributed by atoms with E-state index in [0.717, 1.165) is 62.0 Å². The van der Waals surface area contributed by atoms with Gasteiger partial charge in [0.15, 0.2) is 5.82 Å². The molecule has 79 heavy (non-hydrogen) atoms. The van der Waals surface area contributed by atoms with Gasteiger partial charge in [-0.1, -0.05) is 218 Å². The van der Waals surface area contributed by atoms with Gasteiger partial charge in [-0.05, 0) is 138 Å². The zero-order valence-corrected chi connectivity index (χ0v) is 43.0. The predicted octanol–water partition coefficient (Wildman–Crippen LogP) is 17.5. The molecule has 2 aliphatic rings. The maximum Gasteiger partial charge on any atom is 0.252 e. The summed E-state index contributed by atoms with van der Waals surface area (Å²) < 4.78 is 0. The lowest BCUT2D eigenvalue weighted by Crippen LogP contribution is -2.61. The van der Waals surface area contributed by atoms with Crippen LogP contribution in [0.1, 0.15) is 0 Å². The second-order valence-electron chi connectivity index (χ2n) is 20.9. The van der Waals surface area contributed by atoms with Gasteiger partial charge in [0.05, 0.1) is 11.4 Å². The Bertz CT molecular complexity index is 4410. The van der Waals surface area contributed by atoms with Crippen LogP contribution in [0, 0.1) is 0 Å². The summed E-state index contributed by atoms with van der Waals surface area (Å²) in [5.41, 5.74) is 19.8. The number of anilines is 6. The predicted molar refractivity (Wildman–Crippen MR) is 333 cm³/mol. The monoisotopic (exact) mass is 1000 g/mol. The minimum Gasteiger partial charge on any atom is -0.311 e. The van der Waals surface area contributed by atoms with Crippen LogP contribution in [-0.4, -0.2) is 16.7 Å². The maximum atomic E-state index is 5.56. The molecule has 0 aliphatic carbocycles. The van der Waals surface area contributed by atoms with Crippen LogP contribution in [0.15, 0.2) is 285 Å². The van der Waals surface area contributed by atoms with Crippen LogP contribution in [0.25, 0.3) is 99.2 Å². The van der Waals surface area contributed by atoms with Gasteiger partial charge in [0.2, 0.25) is 0 Å². The van der Waals surface area contributed by atoms with Gasteiger partial charge in [-0.3, -0.25) is 0 Å². The fourth-order valence-corrected chi connectivity index (χ4v) is 12.6. The van der Waals surface area contributed by atoms with Crippen molar-refractivity contribution in [2.24, 2.45) is 0 Å². The van der Waals surface area contributed by atoms with Gasteiger partial charge in [0.25, 0.3) is 6.71 Å². The maximum absolute atomic E-state index is 5.56. The topological polar surface area (TPSA) is 32.3 Å². The summed E-state index contributed by atoms with van der Waals surface area (Å²) in [7, 11) is 0. The van der Waals surface area contributed by atoms with Gasteiger partial charge in [-0.25, -0.2) is 9.97 Å². The molecule has 4 nitrogen and oxygen atoms in total. The molecule has 0 saturated carbocycles. The van der Waals surface area contributed by atoms with Crippen molar-refractivity contribution < 1.29 is 0 Å². The Balaban J connectivity index is 1.04. The van der Waals surface area contributed by atoms with Crippen molar-refractivity contribution in [3.05, 3.63) is 285 Å². The quantitative estimate of drug-likeness (QED) is 0.118. The summed E-state index contributed by atoms with van der Waals surface area (Å²) >= 11 is 0. The minimum absolute atomic E-state index is 0.146. The Labute approximate surface area is 458 Å². The van der Waals surface area contributed by atoms with Crippen LogP contribution < -0.4 is 26.2 Å². The molecule has 5 heteroatoms. The third-order valence-corrected chi connectivity index (χ3v) is 16.3.